The molecule has 1 heterocycles. The van der Waals surface area contributed by atoms with Crippen LogP contribution in [0.3, 0.4) is 0 Å². The molecule has 1 amide bonds. The van der Waals surface area contributed by atoms with Gasteiger partial charge in [0.15, 0.2) is 17.6 Å². The average Bonchev–Trinajstić information content (AvgIpc) is 3.04. The van der Waals surface area contributed by atoms with Gasteiger partial charge in [-0.15, -0.1) is 0 Å². The number of nitrogens with one attached hydrogen (secondary N) is 1. The fraction of sp³-hybridized carbons (Fsp3) is 0.222. The minimum atomic E-state index is -1.02. The molecule has 3 rings (SSSR count). The summed E-state index contributed by atoms with van der Waals surface area (Å²) in [5.74, 6) is -0.541. The Morgan fingerprint density at radius 1 is 1.20 bits per heavy atom. The second kappa shape index (κ2) is 7.21. The molecule has 1 atom stereocenters. The summed E-state index contributed by atoms with van der Waals surface area (Å²) in [5.41, 5.74) is 0.710. The molecule has 1 aliphatic heterocycles. The molecule has 0 radical (unpaired) electrons. The summed E-state index contributed by atoms with van der Waals surface area (Å²) < 4.78 is 29.0. The molecule has 0 saturated carbocycles. The Morgan fingerprint density at radius 2 is 1.96 bits per heavy atom. The summed E-state index contributed by atoms with van der Waals surface area (Å²) >= 11 is 0. The Bertz CT molecular complexity index is 808. The lowest BCUT2D eigenvalue weighted by atomic mass is 10.1. The molecule has 0 bridgehead atoms. The third-order valence-corrected chi connectivity index (χ3v) is 3.61. The van der Waals surface area contributed by atoms with E-state index in [2.05, 4.69) is 5.32 Å². The molecule has 0 aromatic heterocycles. The van der Waals surface area contributed by atoms with Crippen LogP contribution in [-0.2, 0) is 20.7 Å². The van der Waals surface area contributed by atoms with Crippen LogP contribution in [0.4, 0.5) is 10.1 Å². The standard InChI is InChI=1S/C18H16FNO5/c1-11(25-17(21)8-12-4-2-3-5-14(12)19)18(22)20-13-6-7-15-16(9-13)24-10-23-15/h2-7,9,11H,8,10H2,1H3,(H,20,22)/t11-/m0/s1. The zero-order chi connectivity index (χ0) is 17.8. The van der Waals surface area contributed by atoms with Crippen LogP contribution < -0.4 is 14.8 Å². The highest BCUT2D eigenvalue weighted by atomic mass is 19.1. The Kier molecular flexibility index (Phi) is 4.83. The van der Waals surface area contributed by atoms with Crippen molar-refractivity contribution in [2.45, 2.75) is 19.4 Å². The van der Waals surface area contributed by atoms with Crippen LogP contribution in [0.5, 0.6) is 11.5 Å². The zero-order valence-electron chi connectivity index (χ0n) is 13.5. The number of esters is 1. The van der Waals surface area contributed by atoms with Crippen molar-refractivity contribution < 1.29 is 28.2 Å². The molecular weight excluding hydrogens is 329 g/mol. The summed E-state index contributed by atoms with van der Waals surface area (Å²) in [6, 6.07) is 10.9. The van der Waals surface area contributed by atoms with Gasteiger partial charge in [-0.1, -0.05) is 18.2 Å². The van der Waals surface area contributed by atoms with Crippen molar-refractivity contribution in [1.82, 2.24) is 0 Å². The van der Waals surface area contributed by atoms with Crippen molar-refractivity contribution in [3.63, 3.8) is 0 Å². The van der Waals surface area contributed by atoms with E-state index in [9.17, 15) is 14.0 Å². The molecule has 0 spiro atoms. The maximum Gasteiger partial charge on any atom is 0.311 e. The van der Waals surface area contributed by atoms with Crippen LogP contribution in [0.25, 0.3) is 0 Å². The minimum absolute atomic E-state index is 0.136. The van der Waals surface area contributed by atoms with E-state index in [4.69, 9.17) is 14.2 Å². The lowest BCUT2D eigenvalue weighted by Crippen LogP contribution is -2.30. The summed E-state index contributed by atoms with van der Waals surface area (Å²) in [7, 11) is 0. The average molecular weight is 345 g/mol. The van der Waals surface area contributed by atoms with Gasteiger partial charge < -0.3 is 19.5 Å². The second-order valence-electron chi connectivity index (χ2n) is 5.46. The normalized spacial score (nSPS) is 13.2. The van der Waals surface area contributed by atoms with E-state index in [0.717, 1.165) is 0 Å². The van der Waals surface area contributed by atoms with Crippen LogP contribution in [0.2, 0.25) is 0 Å². The van der Waals surface area contributed by atoms with Crippen molar-refractivity contribution in [1.29, 1.82) is 0 Å². The molecule has 6 nitrogen and oxygen atoms in total. The van der Waals surface area contributed by atoms with Gasteiger partial charge >= 0.3 is 5.97 Å². The van der Waals surface area contributed by atoms with Gasteiger partial charge in [0.05, 0.1) is 6.42 Å². The summed E-state index contributed by atoms with van der Waals surface area (Å²) in [6.45, 7) is 1.58. The van der Waals surface area contributed by atoms with E-state index in [1.54, 1.807) is 24.3 Å². The lowest BCUT2D eigenvalue weighted by molar-refractivity contribution is -0.152. The van der Waals surface area contributed by atoms with Crippen molar-refractivity contribution in [2.24, 2.45) is 0 Å². The van der Waals surface area contributed by atoms with Crippen LogP contribution in [0.15, 0.2) is 42.5 Å². The number of ether oxygens (including phenoxy) is 3. The quantitative estimate of drug-likeness (QED) is 0.844. The van der Waals surface area contributed by atoms with Crippen LogP contribution in [0.1, 0.15) is 12.5 Å². The Balaban J connectivity index is 1.55. The Labute approximate surface area is 143 Å². The number of anilines is 1. The van der Waals surface area contributed by atoms with E-state index in [-0.39, 0.29) is 18.8 Å². The number of carbonyl (C=O) groups excluding carboxylic acids is 2. The molecule has 130 valence electrons. The monoisotopic (exact) mass is 345 g/mol. The molecule has 0 fully saturated rings. The van der Waals surface area contributed by atoms with Crippen molar-refractivity contribution in [3.05, 3.63) is 53.8 Å². The highest BCUT2D eigenvalue weighted by Crippen LogP contribution is 2.34. The molecule has 2 aromatic carbocycles. The number of halogens is 1. The van der Waals surface area contributed by atoms with E-state index in [1.807, 2.05) is 0 Å². The Morgan fingerprint density at radius 3 is 2.76 bits per heavy atom. The molecular formula is C18H16FNO5. The number of benzene rings is 2. The van der Waals surface area contributed by atoms with Crippen molar-refractivity contribution in [3.8, 4) is 11.5 Å². The van der Waals surface area contributed by atoms with Gasteiger partial charge in [-0.25, -0.2) is 4.39 Å². The lowest BCUT2D eigenvalue weighted by Gasteiger charge is -2.14. The summed E-state index contributed by atoms with van der Waals surface area (Å²) in [5, 5.41) is 2.63. The summed E-state index contributed by atoms with van der Waals surface area (Å²) in [6.07, 6.45) is -1.27. The number of hydrogen-bond acceptors (Lipinski definition) is 5. The van der Waals surface area contributed by atoms with Gasteiger partial charge in [0.2, 0.25) is 6.79 Å². The predicted octanol–water partition coefficient (Wildman–Crippen LogP) is 2.67. The van der Waals surface area contributed by atoms with Crippen LogP contribution in [0, 0.1) is 5.82 Å². The first kappa shape index (κ1) is 16.8. The van der Waals surface area contributed by atoms with E-state index in [1.165, 1.54) is 25.1 Å². The molecule has 2 aromatic rings. The predicted molar refractivity (Wildman–Crippen MR) is 86.9 cm³/mol. The molecule has 1 aliphatic rings. The molecule has 0 saturated heterocycles. The minimum Gasteiger partial charge on any atom is -0.454 e. The number of hydrogen-bond donors (Lipinski definition) is 1. The van der Waals surface area contributed by atoms with Crippen LogP contribution in [-0.4, -0.2) is 24.8 Å². The SMILES string of the molecule is C[C@H](OC(=O)Cc1ccccc1F)C(=O)Nc1ccc2c(c1)OCO2. The smallest absolute Gasteiger partial charge is 0.311 e. The topological polar surface area (TPSA) is 73.9 Å². The molecule has 0 unspecified atom stereocenters. The maximum atomic E-state index is 13.5. The fourth-order valence-corrected chi connectivity index (χ4v) is 2.31. The van der Waals surface area contributed by atoms with Gasteiger partial charge in [0.1, 0.15) is 5.82 Å². The largest absolute Gasteiger partial charge is 0.454 e. The number of fused-ring (bicyclic) bond motifs is 1. The number of amides is 1. The first-order valence-electron chi connectivity index (χ1n) is 7.66. The third-order valence-electron chi connectivity index (χ3n) is 3.61. The second-order valence-corrected chi connectivity index (χ2v) is 5.46. The van der Waals surface area contributed by atoms with Crippen LogP contribution >= 0.6 is 0 Å². The Hall–Kier alpha value is -3.09. The maximum absolute atomic E-state index is 13.5. The van der Waals surface area contributed by atoms with Gasteiger partial charge in [-0.05, 0) is 30.7 Å². The van der Waals surface area contributed by atoms with E-state index < -0.39 is 23.8 Å². The zero-order valence-corrected chi connectivity index (χ0v) is 13.5. The fourth-order valence-electron chi connectivity index (χ4n) is 2.31. The van der Waals surface area contributed by atoms with E-state index >= 15 is 0 Å². The highest BCUT2D eigenvalue weighted by molar-refractivity contribution is 5.95. The molecule has 7 heteroatoms. The van der Waals surface area contributed by atoms with Gasteiger partial charge in [-0.3, -0.25) is 9.59 Å². The number of carbonyl (C=O) groups is 2. The van der Waals surface area contributed by atoms with Gasteiger partial charge in [-0.2, -0.15) is 0 Å². The molecule has 1 N–H and O–H groups in total. The van der Waals surface area contributed by atoms with Gasteiger partial charge in [0.25, 0.3) is 5.91 Å². The molecule has 25 heavy (non-hydrogen) atoms. The highest BCUT2D eigenvalue weighted by Gasteiger charge is 2.20. The molecule has 0 aliphatic carbocycles. The summed E-state index contributed by atoms with van der Waals surface area (Å²) in [4.78, 5) is 24.0. The van der Waals surface area contributed by atoms with Crippen molar-refractivity contribution >= 4 is 17.6 Å². The van der Waals surface area contributed by atoms with Gasteiger partial charge in [0, 0.05) is 11.8 Å². The first-order valence-corrected chi connectivity index (χ1v) is 7.66. The first-order chi connectivity index (χ1) is 12.0. The van der Waals surface area contributed by atoms with Crippen molar-refractivity contribution in [2.75, 3.05) is 12.1 Å². The third kappa shape index (κ3) is 4.06. The number of rotatable bonds is 5. The van der Waals surface area contributed by atoms with E-state index in [0.29, 0.717) is 17.2 Å².